The van der Waals surface area contributed by atoms with E-state index in [4.69, 9.17) is 9.05 Å². The van der Waals surface area contributed by atoms with Gasteiger partial charge in [0.1, 0.15) is 13.2 Å². The first-order valence-corrected chi connectivity index (χ1v) is 18.0. The number of hydrogen-bond donors (Lipinski definition) is 2. The average molecular weight is 605 g/mol. The minimum atomic E-state index is -4.54. The predicted molar refractivity (Wildman–Crippen MR) is 169 cm³/mol. The summed E-state index contributed by atoms with van der Waals surface area (Å²) in [6, 6.07) is -0.797. The Balaban J connectivity index is 4.58. The van der Waals surface area contributed by atoms with Crippen LogP contribution >= 0.6 is 7.82 Å². The van der Waals surface area contributed by atoms with Crippen molar-refractivity contribution in [3.63, 3.8) is 0 Å². The van der Waals surface area contributed by atoms with Crippen LogP contribution in [0.25, 0.3) is 0 Å². The van der Waals surface area contributed by atoms with E-state index in [1.54, 1.807) is 0 Å². The lowest BCUT2D eigenvalue weighted by Gasteiger charge is -2.30. The molecule has 3 atom stereocenters. The SMILES string of the molecule is CCCC/C=C\CCCCCCC(=O)NC(COP(=O)([O-])OCC[N+](C)(C)C)C(O)CCCCCCCCCCC. The number of carbonyl (C=O) groups excluding carboxylic acids is 1. The maximum absolute atomic E-state index is 12.7. The van der Waals surface area contributed by atoms with Crippen LogP contribution in [0.5, 0.6) is 0 Å². The molecule has 8 nitrogen and oxygen atoms in total. The second-order valence-corrected chi connectivity index (χ2v) is 13.9. The lowest BCUT2D eigenvalue weighted by atomic mass is 10.0. The van der Waals surface area contributed by atoms with Gasteiger partial charge in [-0.05, 0) is 32.1 Å². The van der Waals surface area contributed by atoms with Crippen molar-refractivity contribution in [2.24, 2.45) is 0 Å². The topological polar surface area (TPSA) is 108 Å². The molecular weight excluding hydrogens is 539 g/mol. The minimum Gasteiger partial charge on any atom is -0.756 e. The van der Waals surface area contributed by atoms with Crippen molar-refractivity contribution in [2.75, 3.05) is 40.9 Å². The van der Waals surface area contributed by atoms with Gasteiger partial charge >= 0.3 is 0 Å². The molecule has 0 aromatic carbocycles. The molecule has 0 aromatic rings. The Morgan fingerprint density at radius 1 is 0.829 bits per heavy atom. The van der Waals surface area contributed by atoms with Gasteiger partial charge in [-0.1, -0.05) is 109 Å². The molecule has 0 bridgehead atoms. The summed E-state index contributed by atoms with van der Waals surface area (Å²) in [6.45, 7) is 4.60. The van der Waals surface area contributed by atoms with Crippen LogP contribution < -0.4 is 10.2 Å². The van der Waals surface area contributed by atoms with Gasteiger partial charge in [0.15, 0.2) is 0 Å². The van der Waals surface area contributed by atoms with Crippen LogP contribution in [0.15, 0.2) is 12.2 Å². The van der Waals surface area contributed by atoms with Crippen molar-refractivity contribution in [1.29, 1.82) is 0 Å². The van der Waals surface area contributed by atoms with E-state index in [1.807, 2.05) is 21.1 Å². The zero-order valence-corrected chi connectivity index (χ0v) is 28.1. The maximum Gasteiger partial charge on any atom is 0.268 e. The predicted octanol–water partition coefficient (Wildman–Crippen LogP) is 7.05. The molecule has 0 aliphatic carbocycles. The molecule has 0 fully saturated rings. The van der Waals surface area contributed by atoms with Crippen molar-refractivity contribution in [2.45, 2.75) is 148 Å². The molecule has 1 amide bonds. The third-order valence-electron chi connectivity index (χ3n) is 7.25. The first kappa shape index (κ1) is 40.2. The van der Waals surface area contributed by atoms with Crippen LogP contribution in [0.2, 0.25) is 0 Å². The highest BCUT2D eigenvalue weighted by molar-refractivity contribution is 7.45. The molecule has 2 N–H and O–H groups in total. The molecule has 0 saturated carbocycles. The Kier molecular flexibility index (Phi) is 25.2. The van der Waals surface area contributed by atoms with Gasteiger partial charge < -0.3 is 28.8 Å². The van der Waals surface area contributed by atoms with Crippen LogP contribution in [0.3, 0.4) is 0 Å². The Bertz CT molecular complexity index is 698. The Hall–Kier alpha value is -0.760. The van der Waals surface area contributed by atoms with Crippen LogP contribution in [0.1, 0.15) is 136 Å². The summed E-state index contributed by atoms with van der Waals surface area (Å²) < 4.78 is 23.0. The number of unbranched alkanes of at least 4 members (excludes halogenated alkanes) is 14. The van der Waals surface area contributed by atoms with Crippen LogP contribution in [-0.4, -0.2) is 68.5 Å². The van der Waals surface area contributed by atoms with Gasteiger partial charge in [0.2, 0.25) is 5.91 Å². The van der Waals surface area contributed by atoms with Gasteiger partial charge in [0.25, 0.3) is 7.82 Å². The minimum absolute atomic E-state index is 0.0107. The molecule has 0 aliphatic heterocycles. The Morgan fingerprint density at radius 2 is 1.37 bits per heavy atom. The van der Waals surface area contributed by atoms with Crippen LogP contribution in [0, 0.1) is 0 Å². The van der Waals surface area contributed by atoms with Gasteiger partial charge in [-0.2, -0.15) is 0 Å². The number of phosphoric ester groups is 1. The number of quaternary nitrogens is 1. The summed E-state index contributed by atoms with van der Waals surface area (Å²) in [5.74, 6) is -0.184. The third-order valence-corrected chi connectivity index (χ3v) is 8.22. The number of carbonyl (C=O) groups is 1. The van der Waals surface area contributed by atoms with E-state index in [0.717, 1.165) is 57.8 Å². The Labute approximate surface area is 252 Å². The molecule has 9 heteroatoms. The first-order chi connectivity index (χ1) is 19.5. The third kappa shape index (κ3) is 27.8. The number of nitrogens with zero attached hydrogens (tertiary/aromatic N) is 1. The van der Waals surface area contributed by atoms with E-state index in [0.29, 0.717) is 23.9 Å². The molecule has 41 heavy (non-hydrogen) atoms. The molecule has 0 aliphatic rings. The summed E-state index contributed by atoms with van der Waals surface area (Å²) in [5, 5.41) is 13.7. The fraction of sp³-hybridized carbons (Fsp3) is 0.906. The first-order valence-electron chi connectivity index (χ1n) is 16.5. The number of amides is 1. The number of allylic oxidation sites excluding steroid dienone is 2. The fourth-order valence-electron chi connectivity index (χ4n) is 4.49. The summed E-state index contributed by atoms with van der Waals surface area (Å²) in [4.78, 5) is 25.0. The molecule has 0 heterocycles. The Morgan fingerprint density at radius 3 is 1.98 bits per heavy atom. The normalized spacial score (nSPS) is 15.2. The van der Waals surface area contributed by atoms with E-state index in [1.165, 1.54) is 51.4 Å². The second-order valence-electron chi connectivity index (χ2n) is 12.5. The standard InChI is InChI=1S/C32H65N2O6P/c1-6-8-10-12-14-16-18-20-22-24-26-32(36)33-30(29-40-41(37,38)39-28-27-34(3,4)5)31(35)25-23-21-19-17-15-13-11-9-7-2/h12,14,30-31,35H,6-11,13,15-29H2,1-5H3,(H-,33,36,37,38)/b14-12-. The van der Waals surface area contributed by atoms with Gasteiger partial charge in [0.05, 0.1) is 39.9 Å². The van der Waals surface area contributed by atoms with Crippen molar-refractivity contribution < 1.29 is 32.9 Å². The van der Waals surface area contributed by atoms with Crippen LogP contribution in [-0.2, 0) is 18.4 Å². The van der Waals surface area contributed by atoms with Gasteiger partial charge in [-0.15, -0.1) is 0 Å². The number of nitrogens with one attached hydrogen (secondary N) is 1. The molecule has 0 aromatic heterocycles. The molecule has 244 valence electrons. The lowest BCUT2D eigenvalue weighted by Crippen LogP contribution is -2.46. The molecular formula is C32H65N2O6P. The van der Waals surface area contributed by atoms with E-state index in [-0.39, 0.29) is 19.1 Å². The highest BCUT2D eigenvalue weighted by Crippen LogP contribution is 2.38. The summed E-state index contributed by atoms with van der Waals surface area (Å²) in [5.41, 5.74) is 0. The largest absolute Gasteiger partial charge is 0.756 e. The van der Waals surface area contributed by atoms with E-state index >= 15 is 0 Å². The number of aliphatic hydroxyl groups excluding tert-OH is 1. The molecule has 0 radical (unpaired) electrons. The van der Waals surface area contributed by atoms with E-state index in [2.05, 4.69) is 31.3 Å². The summed E-state index contributed by atoms with van der Waals surface area (Å²) in [6.07, 6.45) is 23.6. The molecule has 0 spiro atoms. The number of rotatable bonds is 29. The number of aliphatic hydroxyl groups is 1. The summed E-state index contributed by atoms with van der Waals surface area (Å²) in [7, 11) is 1.29. The number of phosphoric acid groups is 1. The number of hydrogen-bond acceptors (Lipinski definition) is 6. The monoisotopic (exact) mass is 604 g/mol. The van der Waals surface area contributed by atoms with E-state index in [9.17, 15) is 19.4 Å². The quantitative estimate of drug-likeness (QED) is 0.0410. The zero-order valence-electron chi connectivity index (χ0n) is 27.2. The van der Waals surface area contributed by atoms with Crippen molar-refractivity contribution in [3.05, 3.63) is 12.2 Å². The maximum atomic E-state index is 12.7. The summed E-state index contributed by atoms with van der Waals surface area (Å²) >= 11 is 0. The zero-order chi connectivity index (χ0) is 30.8. The van der Waals surface area contributed by atoms with Crippen molar-refractivity contribution >= 4 is 13.7 Å². The smallest absolute Gasteiger partial charge is 0.268 e. The highest BCUT2D eigenvalue weighted by Gasteiger charge is 2.24. The fourth-order valence-corrected chi connectivity index (χ4v) is 5.21. The van der Waals surface area contributed by atoms with Gasteiger partial charge in [-0.3, -0.25) is 9.36 Å². The van der Waals surface area contributed by atoms with E-state index < -0.39 is 20.0 Å². The highest BCUT2D eigenvalue weighted by atomic mass is 31.2. The molecule has 3 unspecified atom stereocenters. The lowest BCUT2D eigenvalue weighted by molar-refractivity contribution is -0.870. The molecule has 0 saturated heterocycles. The molecule has 0 rings (SSSR count). The van der Waals surface area contributed by atoms with Gasteiger partial charge in [-0.25, -0.2) is 0 Å². The number of likely N-dealkylation sites (N-methyl/N-ethyl adjacent to an activating group) is 1. The van der Waals surface area contributed by atoms with Crippen molar-refractivity contribution in [3.8, 4) is 0 Å². The van der Waals surface area contributed by atoms with Crippen LogP contribution in [0.4, 0.5) is 0 Å². The second kappa shape index (κ2) is 25.7. The average Bonchev–Trinajstić information content (AvgIpc) is 2.90. The van der Waals surface area contributed by atoms with Gasteiger partial charge in [0, 0.05) is 6.42 Å². The van der Waals surface area contributed by atoms with Crippen molar-refractivity contribution in [1.82, 2.24) is 5.32 Å².